The number of carbonyl (C=O) groups is 2. The van der Waals surface area contributed by atoms with E-state index >= 15 is 0 Å². The van der Waals surface area contributed by atoms with E-state index in [-0.39, 0.29) is 41.0 Å². The van der Waals surface area contributed by atoms with Crippen LogP contribution in [0.3, 0.4) is 0 Å². The first-order chi connectivity index (χ1) is 16.7. The minimum atomic E-state index is -4.95. The SMILES string of the molecule is CCOC(=O)[C@]1(C)CC[C@@H](N/C(=C(\C=N)C(=O)N(C)CC(O)c2c(Cl)cccc2Cl)C(F)(F)F)CC1. The van der Waals surface area contributed by atoms with E-state index in [4.69, 9.17) is 33.3 Å². The summed E-state index contributed by atoms with van der Waals surface area (Å²) < 4.78 is 47.1. The normalized spacial score (nSPS) is 21.8. The van der Waals surface area contributed by atoms with Crippen LogP contribution in [0.15, 0.2) is 29.5 Å². The van der Waals surface area contributed by atoms with Crippen LogP contribution in [-0.2, 0) is 14.3 Å². The number of hydrogen-bond donors (Lipinski definition) is 3. The van der Waals surface area contributed by atoms with Gasteiger partial charge in [-0.3, -0.25) is 9.59 Å². The Bertz CT molecular complexity index is 989. The van der Waals surface area contributed by atoms with Crippen LogP contribution in [-0.4, -0.2) is 60.5 Å². The molecule has 1 amide bonds. The number of aliphatic hydroxyl groups is 1. The number of likely N-dealkylation sites (N-methyl/N-ethyl adjacent to an activating group) is 1. The molecule has 12 heteroatoms. The number of benzene rings is 1. The highest BCUT2D eigenvalue weighted by Crippen LogP contribution is 2.38. The molecule has 0 spiro atoms. The Morgan fingerprint density at radius 2 is 1.86 bits per heavy atom. The van der Waals surface area contributed by atoms with E-state index in [1.54, 1.807) is 19.9 Å². The molecule has 0 saturated heterocycles. The predicted molar refractivity (Wildman–Crippen MR) is 131 cm³/mol. The maximum atomic E-state index is 14.0. The number of carbonyl (C=O) groups excluding carboxylic acids is 2. The van der Waals surface area contributed by atoms with Crippen LogP contribution in [0.5, 0.6) is 0 Å². The van der Waals surface area contributed by atoms with Gasteiger partial charge in [-0.1, -0.05) is 29.3 Å². The van der Waals surface area contributed by atoms with Crippen LogP contribution in [0.4, 0.5) is 13.2 Å². The number of hydrogen-bond acceptors (Lipinski definition) is 6. The van der Waals surface area contributed by atoms with Gasteiger partial charge in [-0.25, -0.2) is 0 Å². The zero-order valence-corrected chi connectivity index (χ0v) is 21.7. The van der Waals surface area contributed by atoms with E-state index in [1.807, 2.05) is 0 Å². The lowest BCUT2D eigenvalue weighted by molar-refractivity contribution is -0.156. The summed E-state index contributed by atoms with van der Waals surface area (Å²) in [5.74, 6) is -1.50. The molecule has 7 nitrogen and oxygen atoms in total. The van der Waals surface area contributed by atoms with Crippen LogP contribution >= 0.6 is 23.2 Å². The van der Waals surface area contributed by atoms with Crippen LogP contribution in [0.2, 0.25) is 10.0 Å². The fraction of sp³-hybridized carbons (Fsp3) is 0.542. The Morgan fingerprint density at radius 1 is 1.31 bits per heavy atom. The summed E-state index contributed by atoms with van der Waals surface area (Å²) in [6.07, 6.45) is -4.86. The number of rotatable bonds is 9. The molecule has 0 radical (unpaired) electrons. The highest BCUT2D eigenvalue weighted by atomic mass is 35.5. The third kappa shape index (κ3) is 7.14. The molecule has 1 aromatic rings. The third-order valence-electron chi connectivity index (χ3n) is 6.26. The van der Waals surface area contributed by atoms with Gasteiger partial charge in [0.15, 0.2) is 0 Å². The predicted octanol–water partition coefficient (Wildman–Crippen LogP) is 5.05. The summed E-state index contributed by atoms with van der Waals surface area (Å²) in [5, 5.41) is 20.8. The molecule has 3 N–H and O–H groups in total. The van der Waals surface area contributed by atoms with Crippen LogP contribution in [0.25, 0.3) is 0 Å². The highest BCUT2D eigenvalue weighted by Gasteiger charge is 2.43. The standard InChI is InChI=1S/C24H30Cl2F3N3O4/c1-4-36-22(35)23(2)10-8-14(9-11-23)31-20(24(27,28)29)15(12-30)21(34)32(3)13-18(33)19-16(25)6-5-7-17(19)26/h5-7,12,14,18,30-31,33H,4,8-11,13H2,1-3H3/b20-15+,30-12?/t14-,18?,23-. The number of esters is 1. The molecule has 1 aliphatic rings. The number of nitrogens with one attached hydrogen (secondary N) is 2. The summed E-state index contributed by atoms with van der Waals surface area (Å²) in [6, 6.07) is 3.87. The quantitative estimate of drug-likeness (QED) is 0.226. The Kier molecular flexibility index (Phi) is 10.2. The molecule has 0 aliphatic heterocycles. The second kappa shape index (κ2) is 12.3. The van der Waals surface area contributed by atoms with Crippen molar-refractivity contribution in [3.8, 4) is 0 Å². The maximum absolute atomic E-state index is 14.0. The fourth-order valence-corrected chi connectivity index (χ4v) is 4.78. The van der Waals surface area contributed by atoms with Crippen molar-refractivity contribution >= 4 is 41.3 Å². The first-order valence-electron chi connectivity index (χ1n) is 11.4. The summed E-state index contributed by atoms with van der Waals surface area (Å²) >= 11 is 12.1. The van der Waals surface area contributed by atoms with Gasteiger partial charge in [0.05, 0.1) is 30.2 Å². The lowest BCUT2D eigenvalue weighted by atomic mass is 9.74. The first-order valence-corrected chi connectivity index (χ1v) is 12.1. The average Bonchev–Trinajstić information content (AvgIpc) is 2.79. The summed E-state index contributed by atoms with van der Waals surface area (Å²) in [4.78, 5) is 26.0. The zero-order chi connectivity index (χ0) is 27.3. The van der Waals surface area contributed by atoms with Gasteiger partial charge in [-0.2, -0.15) is 13.2 Å². The van der Waals surface area contributed by atoms with Crippen molar-refractivity contribution in [3.63, 3.8) is 0 Å². The second-order valence-corrected chi connectivity index (χ2v) is 9.78. The highest BCUT2D eigenvalue weighted by molar-refractivity contribution is 6.36. The van der Waals surface area contributed by atoms with Gasteiger partial charge >= 0.3 is 12.1 Å². The number of alkyl halides is 3. The molecular weight excluding hydrogens is 522 g/mol. The molecule has 0 bridgehead atoms. The maximum Gasteiger partial charge on any atom is 0.431 e. The van der Waals surface area contributed by atoms with Gasteiger partial charge in [-0.05, 0) is 51.7 Å². The molecule has 1 aliphatic carbocycles. The van der Waals surface area contributed by atoms with Crippen LogP contribution in [0.1, 0.15) is 51.2 Å². The first kappa shape index (κ1) is 29.9. The van der Waals surface area contributed by atoms with E-state index in [2.05, 4.69) is 5.32 Å². The van der Waals surface area contributed by atoms with Gasteiger partial charge in [0.1, 0.15) is 5.70 Å². The zero-order valence-electron chi connectivity index (χ0n) is 20.2. The fourth-order valence-electron chi connectivity index (χ4n) is 4.13. The van der Waals surface area contributed by atoms with Crippen LogP contribution in [0, 0.1) is 10.8 Å². The molecule has 2 rings (SSSR count). The van der Waals surface area contributed by atoms with E-state index < -0.39 is 47.5 Å². The van der Waals surface area contributed by atoms with E-state index in [0.717, 1.165) is 4.90 Å². The van der Waals surface area contributed by atoms with Gasteiger partial charge in [0.2, 0.25) is 0 Å². The van der Waals surface area contributed by atoms with Crippen molar-refractivity contribution < 1.29 is 32.6 Å². The largest absolute Gasteiger partial charge is 0.466 e. The molecule has 0 heterocycles. The topological polar surface area (TPSA) is 103 Å². The third-order valence-corrected chi connectivity index (χ3v) is 6.92. The summed E-state index contributed by atoms with van der Waals surface area (Å²) in [5.41, 5.74) is -2.89. The number of aliphatic hydroxyl groups excluding tert-OH is 1. The minimum absolute atomic E-state index is 0.141. The van der Waals surface area contributed by atoms with Gasteiger partial charge in [0, 0.05) is 34.9 Å². The Morgan fingerprint density at radius 3 is 2.33 bits per heavy atom. The second-order valence-electron chi connectivity index (χ2n) is 8.97. The Labute approximate surface area is 218 Å². The number of nitrogens with zero attached hydrogens (tertiary/aromatic N) is 1. The number of allylic oxidation sites excluding steroid dienone is 1. The Hall–Kier alpha value is -2.30. The summed E-state index contributed by atoms with van der Waals surface area (Å²) in [7, 11) is 1.21. The van der Waals surface area contributed by atoms with Crippen molar-refractivity contribution in [2.24, 2.45) is 5.41 Å². The molecule has 36 heavy (non-hydrogen) atoms. The van der Waals surface area contributed by atoms with Gasteiger partial charge in [-0.15, -0.1) is 0 Å². The lowest BCUT2D eigenvalue weighted by Gasteiger charge is -2.36. The average molecular weight is 552 g/mol. The van der Waals surface area contributed by atoms with Crippen LogP contribution < -0.4 is 5.32 Å². The monoisotopic (exact) mass is 551 g/mol. The van der Waals surface area contributed by atoms with E-state index in [1.165, 1.54) is 19.2 Å². The van der Waals surface area contributed by atoms with E-state index in [9.17, 15) is 27.9 Å². The van der Waals surface area contributed by atoms with Crippen molar-refractivity contribution in [2.45, 2.75) is 57.9 Å². The van der Waals surface area contributed by atoms with Gasteiger partial charge in [0.25, 0.3) is 5.91 Å². The molecule has 1 unspecified atom stereocenters. The number of amides is 1. The Balaban J connectivity index is 2.23. The molecule has 0 aromatic heterocycles. The number of halogens is 5. The molecular formula is C24H30Cl2F3N3O4. The lowest BCUT2D eigenvalue weighted by Crippen LogP contribution is -2.44. The van der Waals surface area contributed by atoms with Crippen molar-refractivity contribution in [2.75, 3.05) is 20.2 Å². The van der Waals surface area contributed by atoms with Crippen molar-refractivity contribution in [1.82, 2.24) is 10.2 Å². The van der Waals surface area contributed by atoms with Crippen molar-refractivity contribution in [3.05, 3.63) is 45.1 Å². The minimum Gasteiger partial charge on any atom is -0.466 e. The molecule has 200 valence electrons. The van der Waals surface area contributed by atoms with Gasteiger partial charge < -0.3 is 25.5 Å². The van der Waals surface area contributed by atoms with E-state index in [0.29, 0.717) is 19.1 Å². The molecule has 1 aromatic carbocycles. The molecule has 1 fully saturated rings. The summed E-state index contributed by atoms with van der Waals surface area (Å²) in [6.45, 7) is 3.21. The van der Waals surface area contributed by atoms with Crippen molar-refractivity contribution in [1.29, 1.82) is 5.41 Å². The smallest absolute Gasteiger partial charge is 0.431 e. The molecule has 1 atom stereocenters. The molecule has 1 saturated carbocycles. The number of ether oxygens (including phenoxy) is 1.